The lowest BCUT2D eigenvalue weighted by atomic mass is 10.5. The molecule has 0 saturated heterocycles. The largest absolute Gasteiger partial charge is 0.459 e. The number of rotatable bonds is 3. The number of aromatic nitrogens is 2. The minimum atomic E-state index is -4.31. The van der Waals surface area contributed by atoms with Gasteiger partial charge in [-0.1, -0.05) is 11.3 Å². The van der Waals surface area contributed by atoms with Crippen LogP contribution in [0.1, 0.15) is 23.8 Å². The van der Waals surface area contributed by atoms with Gasteiger partial charge in [0.2, 0.25) is 0 Å². The lowest BCUT2D eigenvalue weighted by Crippen LogP contribution is -2.19. The molecule has 1 heterocycles. The molecule has 0 spiro atoms. The van der Waals surface area contributed by atoms with Crippen LogP contribution in [0.2, 0.25) is 0 Å². The van der Waals surface area contributed by atoms with Crippen LogP contribution in [0.25, 0.3) is 0 Å². The van der Waals surface area contributed by atoms with Crippen molar-refractivity contribution in [2.24, 2.45) is 0 Å². The summed E-state index contributed by atoms with van der Waals surface area (Å²) in [5.41, 5.74) is 0. The predicted molar refractivity (Wildman–Crippen MR) is 43.4 cm³/mol. The van der Waals surface area contributed by atoms with Crippen molar-refractivity contribution in [3.8, 4) is 5.19 Å². The molecule has 1 aromatic rings. The van der Waals surface area contributed by atoms with Crippen LogP contribution in [0.3, 0.4) is 0 Å². The van der Waals surface area contributed by atoms with Crippen molar-refractivity contribution in [1.29, 1.82) is 0 Å². The highest BCUT2D eigenvalue weighted by Crippen LogP contribution is 2.42. The maximum atomic E-state index is 11.8. The third kappa shape index (κ3) is 2.57. The van der Waals surface area contributed by atoms with Gasteiger partial charge in [0.05, 0.1) is 0 Å². The predicted octanol–water partition coefficient (Wildman–Crippen LogP) is 2.36. The molecular weight excluding hydrogens is 217 g/mol. The Balaban J connectivity index is 1.90. The summed E-state index contributed by atoms with van der Waals surface area (Å²) in [7, 11) is 0. The normalized spacial score (nSPS) is 17.1. The van der Waals surface area contributed by atoms with Gasteiger partial charge in [0.1, 0.15) is 5.01 Å². The molecule has 0 amide bonds. The van der Waals surface area contributed by atoms with Gasteiger partial charge in [0.15, 0.2) is 6.61 Å². The van der Waals surface area contributed by atoms with E-state index in [1.165, 1.54) is 0 Å². The van der Waals surface area contributed by atoms with Crippen LogP contribution >= 0.6 is 11.3 Å². The Morgan fingerprint density at radius 3 is 2.64 bits per heavy atom. The fourth-order valence-electron chi connectivity index (χ4n) is 0.918. The third-order valence-electron chi connectivity index (χ3n) is 1.71. The Hall–Kier alpha value is -0.850. The number of ether oxygens (including phenoxy) is 1. The average molecular weight is 224 g/mol. The molecule has 0 aromatic carbocycles. The van der Waals surface area contributed by atoms with Gasteiger partial charge in [-0.2, -0.15) is 13.2 Å². The van der Waals surface area contributed by atoms with Gasteiger partial charge in [-0.25, -0.2) is 0 Å². The second kappa shape index (κ2) is 3.38. The van der Waals surface area contributed by atoms with Crippen molar-refractivity contribution < 1.29 is 17.9 Å². The van der Waals surface area contributed by atoms with E-state index in [1.807, 2.05) is 0 Å². The van der Waals surface area contributed by atoms with Gasteiger partial charge in [-0.15, -0.1) is 10.2 Å². The number of hydrogen-bond donors (Lipinski definition) is 0. The van der Waals surface area contributed by atoms with Gasteiger partial charge in [0, 0.05) is 5.92 Å². The number of alkyl halides is 3. The Kier molecular flexibility index (Phi) is 2.34. The molecule has 7 heteroatoms. The van der Waals surface area contributed by atoms with Crippen molar-refractivity contribution in [2.45, 2.75) is 24.9 Å². The summed E-state index contributed by atoms with van der Waals surface area (Å²) < 4.78 is 39.7. The SMILES string of the molecule is FC(F)(F)COc1nnc(C2CC2)s1. The van der Waals surface area contributed by atoms with Crippen molar-refractivity contribution >= 4 is 11.3 Å². The summed E-state index contributed by atoms with van der Waals surface area (Å²) in [5.74, 6) is 0.399. The molecule has 0 atom stereocenters. The van der Waals surface area contributed by atoms with E-state index < -0.39 is 12.8 Å². The minimum Gasteiger partial charge on any atom is -0.459 e. The summed E-state index contributed by atoms with van der Waals surface area (Å²) in [5, 5.41) is 8.07. The Bertz CT molecular complexity index is 321. The Labute approximate surface area is 81.9 Å². The first-order chi connectivity index (χ1) is 6.54. The number of hydrogen-bond acceptors (Lipinski definition) is 4. The fourth-order valence-corrected chi connectivity index (χ4v) is 1.78. The van der Waals surface area contributed by atoms with E-state index in [0.29, 0.717) is 5.92 Å². The van der Waals surface area contributed by atoms with Crippen LogP contribution in [0.5, 0.6) is 5.19 Å². The quantitative estimate of drug-likeness (QED) is 0.790. The second-order valence-electron chi connectivity index (χ2n) is 3.08. The maximum absolute atomic E-state index is 11.8. The summed E-state index contributed by atoms with van der Waals surface area (Å²) in [6, 6.07) is 0. The molecule has 0 unspecified atom stereocenters. The molecule has 1 aliphatic rings. The molecule has 0 bridgehead atoms. The second-order valence-corrected chi connectivity index (χ2v) is 4.06. The lowest BCUT2D eigenvalue weighted by Gasteiger charge is -2.04. The summed E-state index contributed by atoms with van der Waals surface area (Å²) in [4.78, 5) is 0. The van der Waals surface area contributed by atoms with E-state index in [-0.39, 0.29) is 5.19 Å². The monoisotopic (exact) mass is 224 g/mol. The Morgan fingerprint density at radius 1 is 1.36 bits per heavy atom. The van der Waals surface area contributed by atoms with Gasteiger partial charge in [-0.05, 0) is 12.8 Å². The van der Waals surface area contributed by atoms with E-state index in [1.54, 1.807) is 0 Å². The first-order valence-electron chi connectivity index (χ1n) is 4.07. The summed E-state index contributed by atoms with van der Waals surface area (Å²) >= 11 is 1.10. The van der Waals surface area contributed by atoms with E-state index in [9.17, 15) is 13.2 Å². The van der Waals surface area contributed by atoms with Crippen LogP contribution in [0.15, 0.2) is 0 Å². The molecule has 1 saturated carbocycles. The molecule has 1 aliphatic carbocycles. The first-order valence-corrected chi connectivity index (χ1v) is 4.89. The summed E-state index contributed by atoms with van der Waals surface area (Å²) in [6.07, 6.45) is -2.22. The van der Waals surface area contributed by atoms with E-state index in [0.717, 1.165) is 29.2 Å². The molecule has 1 aromatic heterocycles. The highest BCUT2D eigenvalue weighted by atomic mass is 32.1. The molecule has 14 heavy (non-hydrogen) atoms. The zero-order chi connectivity index (χ0) is 10.2. The first kappa shape index (κ1) is 9.70. The highest BCUT2D eigenvalue weighted by Gasteiger charge is 2.31. The molecule has 2 rings (SSSR count). The van der Waals surface area contributed by atoms with Crippen LogP contribution in [0, 0.1) is 0 Å². The van der Waals surface area contributed by atoms with Crippen molar-refractivity contribution in [1.82, 2.24) is 10.2 Å². The van der Waals surface area contributed by atoms with E-state index in [2.05, 4.69) is 14.9 Å². The smallest absolute Gasteiger partial charge is 0.422 e. The zero-order valence-electron chi connectivity index (χ0n) is 7.04. The molecule has 78 valence electrons. The minimum absolute atomic E-state index is 0.00391. The highest BCUT2D eigenvalue weighted by molar-refractivity contribution is 7.13. The molecule has 1 fully saturated rings. The Morgan fingerprint density at radius 2 is 2.07 bits per heavy atom. The third-order valence-corrected chi connectivity index (χ3v) is 2.71. The molecule has 0 aliphatic heterocycles. The van der Waals surface area contributed by atoms with Gasteiger partial charge >= 0.3 is 6.18 Å². The molecular formula is C7H7F3N2OS. The van der Waals surface area contributed by atoms with Gasteiger partial charge in [-0.3, -0.25) is 0 Å². The molecule has 0 N–H and O–H groups in total. The molecule has 3 nitrogen and oxygen atoms in total. The van der Waals surface area contributed by atoms with Gasteiger partial charge in [0.25, 0.3) is 5.19 Å². The zero-order valence-corrected chi connectivity index (χ0v) is 7.86. The average Bonchev–Trinajstić information content (AvgIpc) is 2.81. The van der Waals surface area contributed by atoms with Crippen LogP contribution in [-0.2, 0) is 0 Å². The number of halogens is 3. The topological polar surface area (TPSA) is 35.0 Å². The van der Waals surface area contributed by atoms with Crippen molar-refractivity contribution in [3.63, 3.8) is 0 Å². The van der Waals surface area contributed by atoms with Gasteiger partial charge < -0.3 is 4.74 Å². The van der Waals surface area contributed by atoms with Crippen molar-refractivity contribution in [2.75, 3.05) is 6.61 Å². The number of nitrogens with zero attached hydrogens (tertiary/aromatic N) is 2. The van der Waals surface area contributed by atoms with Crippen molar-refractivity contribution in [3.05, 3.63) is 5.01 Å². The van der Waals surface area contributed by atoms with E-state index >= 15 is 0 Å². The van der Waals surface area contributed by atoms with E-state index in [4.69, 9.17) is 0 Å². The lowest BCUT2D eigenvalue weighted by molar-refractivity contribution is -0.153. The summed E-state index contributed by atoms with van der Waals surface area (Å²) in [6.45, 7) is -1.30. The van der Waals surface area contributed by atoms with Crippen LogP contribution in [0.4, 0.5) is 13.2 Å². The molecule has 0 radical (unpaired) electrons. The van der Waals surface area contributed by atoms with Crippen LogP contribution in [-0.4, -0.2) is 23.0 Å². The fraction of sp³-hybridized carbons (Fsp3) is 0.714. The maximum Gasteiger partial charge on any atom is 0.422 e. The van der Waals surface area contributed by atoms with Crippen LogP contribution < -0.4 is 4.74 Å². The standard InChI is InChI=1S/C7H7F3N2OS/c8-7(9,10)3-13-6-12-11-5(14-6)4-1-2-4/h4H,1-3H2.